The van der Waals surface area contributed by atoms with Crippen LogP contribution in [0.1, 0.15) is 22.3 Å². The van der Waals surface area contributed by atoms with Crippen LogP contribution in [-0.4, -0.2) is 27.8 Å². The lowest BCUT2D eigenvalue weighted by Gasteiger charge is -2.21. The minimum atomic E-state index is -1.11. The first kappa shape index (κ1) is 14.6. The molecular weight excluding hydrogens is 302 g/mol. The highest BCUT2D eigenvalue weighted by Gasteiger charge is 2.25. The largest absolute Gasteiger partial charge is 0.463 e. The molecule has 0 aliphatic heterocycles. The SMILES string of the molecule is CC(O)(CNC(=O)c1cc(-c2ccco2)[nH]n1)c1cccs1. The third-order valence-corrected chi connectivity index (χ3v) is 4.37. The van der Waals surface area contributed by atoms with E-state index < -0.39 is 5.60 Å². The van der Waals surface area contributed by atoms with E-state index in [9.17, 15) is 9.90 Å². The number of nitrogens with one attached hydrogen (secondary N) is 2. The normalized spacial score (nSPS) is 13.7. The zero-order valence-corrected chi connectivity index (χ0v) is 12.7. The number of thiophene rings is 1. The molecule has 1 amide bonds. The van der Waals surface area contributed by atoms with Crippen molar-refractivity contribution in [2.75, 3.05) is 6.54 Å². The summed E-state index contributed by atoms with van der Waals surface area (Å²) in [4.78, 5) is 12.9. The zero-order chi connectivity index (χ0) is 15.6. The first-order chi connectivity index (χ1) is 10.6. The number of H-pyrrole nitrogens is 1. The van der Waals surface area contributed by atoms with Crippen LogP contribution in [0.4, 0.5) is 0 Å². The molecule has 0 aliphatic carbocycles. The lowest BCUT2D eigenvalue weighted by Crippen LogP contribution is -2.38. The van der Waals surface area contributed by atoms with E-state index >= 15 is 0 Å². The molecule has 7 heteroatoms. The van der Waals surface area contributed by atoms with Crippen molar-refractivity contribution >= 4 is 17.2 Å². The Labute approximate surface area is 130 Å². The molecule has 22 heavy (non-hydrogen) atoms. The Hall–Kier alpha value is -2.38. The predicted molar refractivity (Wildman–Crippen MR) is 82.5 cm³/mol. The summed E-state index contributed by atoms with van der Waals surface area (Å²) in [5, 5.41) is 21.7. The van der Waals surface area contributed by atoms with Crippen LogP contribution in [0.2, 0.25) is 0 Å². The quantitative estimate of drug-likeness (QED) is 0.674. The molecule has 3 rings (SSSR count). The molecule has 0 saturated carbocycles. The number of carbonyl (C=O) groups is 1. The number of nitrogens with zero attached hydrogens (tertiary/aromatic N) is 1. The first-order valence-corrected chi connectivity index (χ1v) is 7.58. The van der Waals surface area contributed by atoms with Crippen LogP contribution in [0.3, 0.4) is 0 Å². The van der Waals surface area contributed by atoms with Crippen LogP contribution in [0.15, 0.2) is 46.4 Å². The van der Waals surface area contributed by atoms with Gasteiger partial charge in [-0.2, -0.15) is 5.10 Å². The van der Waals surface area contributed by atoms with E-state index in [1.54, 1.807) is 31.4 Å². The molecule has 0 saturated heterocycles. The van der Waals surface area contributed by atoms with Crippen LogP contribution in [0.5, 0.6) is 0 Å². The molecule has 0 radical (unpaired) electrons. The van der Waals surface area contributed by atoms with E-state index in [-0.39, 0.29) is 18.1 Å². The Morgan fingerprint density at radius 3 is 3.05 bits per heavy atom. The number of aliphatic hydroxyl groups is 1. The Balaban J connectivity index is 1.65. The van der Waals surface area contributed by atoms with Crippen LogP contribution < -0.4 is 5.32 Å². The summed E-state index contributed by atoms with van der Waals surface area (Å²) in [7, 11) is 0. The molecule has 0 fully saturated rings. The summed E-state index contributed by atoms with van der Waals surface area (Å²) >= 11 is 1.44. The van der Waals surface area contributed by atoms with Crippen molar-refractivity contribution in [3.05, 3.63) is 52.5 Å². The molecule has 114 valence electrons. The third-order valence-electron chi connectivity index (χ3n) is 3.24. The van der Waals surface area contributed by atoms with Crippen molar-refractivity contribution in [2.45, 2.75) is 12.5 Å². The number of carbonyl (C=O) groups excluding carboxylic acids is 1. The van der Waals surface area contributed by atoms with E-state index in [2.05, 4.69) is 15.5 Å². The Morgan fingerprint density at radius 2 is 2.36 bits per heavy atom. The number of hydrogen-bond donors (Lipinski definition) is 3. The second-order valence-corrected chi connectivity index (χ2v) is 6.03. The summed E-state index contributed by atoms with van der Waals surface area (Å²) in [6, 6.07) is 8.83. The Morgan fingerprint density at radius 1 is 1.50 bits per heavy atom. The number of hydrogen-bond acceptors (Lipinski definition) is 5. The fourth-order valence-electron chi connectivity index (χ4n) is 2.01. The predicted octanol–water partition coefficient (Wildman–Crippen LogP) is 2.37. The van der Waals surface area contributed by atoms with Gasteiger partial charge in [-0.1, -0.05) is 6.07 Å². The highest BCUT2D eigenvalue weighted by Crippen LogP contribution is 2.24. The second-order valence-electron chi connectivity index (χ2n) is 5.08. The average Bonchev–Trinajstić information content (AvgIpc) is 3.26. The van der Waals surface area contributed by atoms with Gasteiger partial charge in [0, 0.05) is 10.9 Å². The number of amides is 1. The van der Waals surface area contributed by atoms with Crippen molar-refractivity contribution in [3.63, 3.8) is 0 Å². The zero-order valence-electron chi connectivity index (χ0n) is 11.9. The molecule has 3 aromatic rings. The maximum absolute atomic E-state index is 12.1. The number of furan rings is 1. The van der Waals surface area contributed by atoms with Gasteiger partial charge in [0.05, 0.1) is 12.8 Å². The molecular formula is C15H15N3O3S. The molecule has 0 bridgehead atoms. The van der Waals surface area contributed by atoms with Gasteiger partial charge in [-0.25, -0.2) is 0 Å². The minimum absolute atomic E-state index is 0.106. The van der Waals surface area contributed by atoms with Crippen molar-refractivity contribution in [1.82, 2.24) is 15.5 Å². The highest BCUT2D eigenvalue weighted by molar-refractivity contribution is 7.10. The number of aromatic nitrogens is 2. The Kier molecular flexibility index (Phi) is 3.82. The van der Waals surface area contributed by atoms with Crippen LogP contribution in [0.25, 0.3) is 11.5 Å². The lowest BCUT2D eigenvalue weighted by molar-refractivity contribution is 0.0555. The molecule has 0 spiro atoms. The van der Waals surface area contributed by atoms with E-state index in [0.29, 0.717) is 11.5 Å². The van der Waals surface area contributed by atoms with Crippen molar-refractivity contribution < 1.29 is 14.3 Å². The van der Waals surface area contributed by atoms with E-state index in [1.807, 2.05) is 17.5 Å². The summed E-state index contributed by atoms with van der Waals surface area (Å²) < 4.78 is 5.23. The molecule has 1 unspecified atom stereocenters. The van der Waals surface area contributed by atoms with Crippen LogP contribution >= 0.6 is 11.3 Å². The van der Waals surface area contributed by atoms with E-state index in [1.165, 1.54) is 11.3 Å². The lowest BCUT2D eigenvalue weighted by atomic mass is 10.1. The molecule has 1 atom stereocenters. The maximum atomic E-state index is 12.1. The van der Waals surface area contributed by atoms with Gasteiger partial charge in [0.2, 0.25) is 0 Å². The van der Waals surface area contributed by atoms with Gasteiger partial charge in [-0.3, -0.25) is 9.89 Å². The molecule has 3 heterocycles. The van der Waals surface area contributed by atoms with Gasteiger partial charge in [-0.05, 0) is 30.5 Å². The monoisotopic (exact) mass is 317 g/mol. The minimum Gasteiger partial charge on any atom is -0.463 e. The molecule has 0 aromatic carbocycles. The van der Waals surface area contributed by atoms with Crippen molar-refractivity contribution in [3.8, 4) is 11.5 Å². The van der Waals surface area contributed by atoms with E-state index in [0.717, 1.165) is 4.88 Å². The van der Waals surface area contributed by atoms with Crippen LogP contribution in [-0.2, 0) is 5.60 Å². The Bertz CT molecular complexity index is 745. The number of rotatable bonds is 5. The van der Waals surface area contributed by atoms with Crippen molar-refractivity contribution in [1.29, 1.82) is 0 Å². The molecule has 0 aliphatic rings. The fraction of sp³-hybridized carbons (Fsp3) is 0.200. The van der Waals surface area contributed by atoms with Crippen molar-refractivity contribution in [2.24, 2.45) is 0 Å². The third kappa shape index (κ3) is 2.95. The molecule has 3 aromatic heterocycles. The average molecular weight is 317 g/mol. The van der Waals surface area contributed by atoms with Gasteiger partial charge < -0.3 is 14.8 Å². The summed E-state index contributed by atoms with van der Waals surface area (Å²) in [5.74, 6) is 0.253. The topological polar surface area (TPSA) is 91.1 Å². The molecule has 6 nitrogen and oxygen atoms in total. The smallest absolute Gasteiger partial charge is 0.271 e. The molecule has 3 N–H and O–H groups in total. The van der Waals surface area contributed by atoms with Crippen LogP contribution in [0, 0.1) is 0 Å². The van der Waals surface area contributed by atoms with Gasteiger partial charge >= 0.3 is 0 Å². The summed E-state index contributed by atoms with van der Waals surface area (Å²) in [6.07, 6.45) is 1.55. The fourth-order valence-corrected chi connectivity index (χ4v) is 2.80. The summed E-state index contributed by atoms with van der Waals surface area (Å²) in [5.41, 5.74) is -0.238. The van der Waals surface area contributed by atoms with E-state index in [4.69, 9.17) is 4.42 Å². The summed E-state index contributed by atoms with van der Waals surface area (Å²) in [6.45, 7) is 1.77. The van der Waals surface area contributed by atoms with Gasteiger partial charge in [0.25, 0.3) is 5.91 Å². The van der Waals surface area contributed by atoms with Gasteiger partial charge in [0.1, 0.15) is 11.3 Å². The van der Waals surface area contributed by atoms with Gasteiger partial charge in [-0.15, -0.1) is 11.3 Å². The highest BCUT2D eigenvalue weighted by atomic mass is 32.1. The second kappa shape index (κ2) is 5.78. The number of aromatic amines is 1. The first-order valence-electron chi connectivity index (χ1n) is 6.70. The maximum Gasteiger partial charge on any atom is 0.271 e. The standard InChI is InChI=1S/C15H15N3O3S/c1-15(20,13-5-3-7-22-13)9-16-14(19)11-8-10(17-18-11)12-4-2-6-21-12/h2-8,20H,9H2,1H3,(H,16,19)(H,17,18). The van der Waals surface area contributed by atoms with Gasteiger partial charge in [0.15, 0.2) is 11.5 Å².